The summed E-state index contributed by atoms with van der Waals surface area (Å²) >= 11 is 3.22. The van der Waals surface area contributed by atoms with E-state index >= 15 is 0 Å². The fraction of sp³-hybridized carbons (Fsp3) is 0.235. The van der Waals surface area contributed by atoms with Gasteiger partial charge in [0.1, 0.15) is 5.82 Å². The van der Waals surface area contributed by atoms with Crippen molar-refractivity contribution >= 4 is 31.9 Å². The second-order valence-corrected chi connectivity index (χ2v) is 8.16. The minimum Gasteiger partial charge on any atom is -0.341 e. The Kier molecular flexibility index (Phi) is 6.69. The molecule has 0 radical (unpaired) electrons. The van der Waals surface area contributed by atoms with Crippen LogP contribution in [-0.2, 0) is 21.4 Å². The van der Waals surface area contributed by atoms with E-state index in [0.29, 0.717) is 11.0 Å². The van der Waals surface area contributed by atoms with Crippen LogP contribution in [-0.4, -0.2) is 32.8 Å². The van der Waals surface area contributed by atoms with Crippen molar-refractivity contribution in [2.24, 2.45) is 0 Å². The summed E-state index contributed by atoms with van der Waals surface area (Å²) in [5.41, 5.74) is 0.798. The number of nitrogens with zero attached hydrogens (tertiary/aromatic N) is 1. The number of hydrogen-bond donors (Lipinski definition) is 1. The number of hydrogen-bond acceptors (Lipinski definition) is 3. The Hall–Kier alpha value is -1.77. The molecule has 0 aliphatic rings. The molecule has 25 heavy (non-hydrogen) atoms. The molecule has 134 valence electrons. The van der Waals surface area contributed by atoms with Gasteiger partial charge in [-0.25, -0.2) is 17.5 Å². The van der Waals surface area contributed by atoms with Crippen LogP contribution in [0.25, 0.3) is 0 Å². The zero-order valence-corrected chi connectivity index (χ0v) is 16.0. The molecule has 0 aromatic heterocycles. The number of sulfonamides is 1. The van der Waals surface area contributed by atoms with E-state index in [1.54, 1.807) is 31.3 Å². The Labute approximate surface area is 155 Å². The first-order chi connectivity index (χ1) is 11.8. The van der Waals surface area contributed by atoms with Crippen LogP contribution in [0.15, 0.2) is 57.9 Å². The summed E-state index contributed by atoms with van der Waals surface area (Å²) in [7, 11) is -2.04. The third kappa shape index (κ3) is 5.91. The summed E-state index contributed by atoms with van der Waals surface area (Å²) in [5.74, 6) is -0.541. The van der Waals surface area contributed by atoms with Gasteiger partial charge < -0.3 is 4.90 Å². The van der Waals surface area contributed by atoms with Gasteiger partial charge in [-0.2, -0.15) is 0 Å². The maximum atomic E-state index is 12.9. The van der Waals surface area contributed by atoms with E-state index in [1.165, 1.54) is 29.2 Å². The van der Waals surface area contributed by atoms with Gasteiger partial charge in [-0.3, -0.25) is 4.79 Å². The number of benzene rings is 2. The quantitative estimate of drug-likeness (QED) is 0.736. The normalized spacial score (nSPS) is 11.3. The van der Waals surface area contributed by atoms with Gasteiger partial charge in [-0.15, -0.1) is 0 Å². The number of rotatable bonds is 7. The largest absolute Gasteiger partial charge is 0.341 e. The van der Waals surface area contributed by atoms with E-state index in [9.17, 15) is 17.6 Å². The predicted octanol–water partition coefficient (Wildman–Crippen LogP) is 2.92. The van der Waals surface area contributed by atoms with E-state index in [1.807, 2.05) is 0 Å². The third-order valence-electron chi connectivity index (χ3n) is 3.50. The van der Waals surface area contributed by atoms with Crippen molar-refractivity contribution in [1.82, 2.24) is 9.62 Å². The average molecular weight is 429 g/mol. The summed E-state index contributed by atoms with van der Waals surface area (Å²) in [6.07, 6.45) is 0.0327. The number of amides is 1. The maximum Gasteiger partial charge on any atom is 0.240 e. The van der Waals surface area contributed by atoms with Gasteiger partial charge in [0.05, 0.1) is 4.90 Å². The molecule has 1 amide bonds. The topological polar surface area (TPSA) is 66.5 Å². The maximum absolute atomic E-state index is 12.9. The molecule has 0 heterocycles. The standard InChI is InChI=1S/C17H18BrFN2O3S/c1-21(12-13-5-7-15(19)8-6-13)17(22)9-10-20-25(23,24)16-4-2-3-14(18)11-16/h2-8,11,20H,9-10,12H2,1H3. The summed E-state index contributed by atoms with van der Waals surface area (Å²) in [4.78, 5) is 13.7. The molecule has 0 saturated heterocycles. The summed E-state index contributed by atoms with van der Waals surface area (Å²) < 4.78 is 40.3. The van der Waals surface area contributed by atoms with Crippen LogP contribution in [0.5, 0.6) is 0 Å². The molecular formula is C17H18BrFN2O3S. The Morgan fingerprint density at radius 3 is 2.52 bits per heavy atom. The molecule has 5 nitrogen and oxygen atoms in total. The highest BCUT2D eigenvalue weighted by Crippen LogP contribution is 2.15. The van der Waals surface area contributed by atoms with Gasteiger partial charge >= 0.3 is 0 Å². The summed E-state index contributed by atoms with van der Waals surface area (Å²) in [5, 5.41) is 0. The predicted molar refractivity (Wildman–Crippen MR) is 96.8 cm³/mol. The summed E-state index contributed by atoms with van der Waals surface area (Å²) in [6.45, 7) is 0.332. The van der Waals surface area contributed by atoms with Crippen molar-refractivity contribution in [2.75, 3.05) is 13.6 Å². The van der Waals surface area contributed by atoms with Gasteiger partial charge in [0.25, 0.3) is 0 Å². The molecule has 0 fully saturated rings. The Bertz CT molecular complexity index is 841. The van der Waals surface area contributed by atoms with E-state index in [2.05, 4.69) is 20.7 Å². The fourth-order valence-electron chi connectivity index (χ4n) is 2.15. The highest BCUT2D eigenvalue weighted by atomic mass is 79.9. The minimum absolute atomic E-state index is 0.00143. The van der Waals surface area contributed by atoms with Gasteiger partial charge in [0, 0.05) is 31.0 Å². The summed E-state index contributed by atoms with van der Waals surface area (Å²) in [6, 6.07) is 12.2. The molecule has 0 atom stereocenters. The lowest BCUT2D eigenvalue weighted by molar-refractivity contribution is -0.130. The van der Waals surface area contributed by atoms with Gasteiger partial charge in [-0.05, 0) is 35.9 Å². The van der Waals surface area contributed by atoms with E-state index in [4.69, 9.17) is 0 Å². The van der Waals surface area contributed by atoms with Crippen LogP contribution >= 0.6 is 15.9 Å². The Morgan fingerprint density at radius 1 is 1.20 bits per heavy atom. The van der Waals surface area contributed by atoms with Crippen LogP contribution in [0.2, 0.25) is 0 Å². The number of carbonyl (C=O) groups is 1. The van der Waals surface area contributed by atoms with Crippen molar-refractivity contribution < 1.29 is 17.6 Å². The first-order valence-electron chi connectivity index (χ1n) is 7.51. The van der Waals surface area contributed by atoms with Gasteiger partial charge in [0.2, 0.25) is 15.9 Å². The smallest absolute Gasteiger partial charge is 0.240 e. The van der Waals surface area contributed by atoms with E-state index in [-0.39, 0.29) is 29.6 Å². The fourth-order valence-corrected chi connectivity index (χ4v) is 3.78. The molecule has 0 aliphatic carbocycles. The molecule has 0 bridgehead atoms. The first-order valence-corrected chi connectivity index (χ1v) is 9.79. The number of nitrogens with one attached hydrogen (secondary N) is 1. The van der Waals surface area contributed by atoms with Crippen molar-refractivity contribution in [2.45, 2.75) is 17.9 Å². The zero-order valence-electron chi connectivity index (χ0n) is 13.6. The SMILES string of the molecule is CN(Cc1ccc(F)cc1)C(=O)CCNS(=O)(=O)c1cccc(Br)c1. The molecule has 8 heteroatoms. The molecule has 0 spiro atoms. The zero-order chi connectivity index (χ0) is 18.4. The molecule has 2 rings (SSSR count). The first kappa shape index (κ1) is 19.6. The van der Waals surface area contributed by atoms with Gasteiger partial charge in [0.15, 0.2) is 0 Å². The van der Waals surface area contributed by atoms with Crippen LogP contribution in [0.1, 0.15) is 12.0 Å². The molecule has 0 saturated carbocycles. The van der Waals surface area contributed by atoms with Crippen molar-refractivity contribution in [3.8, 4) is 0 Å². The van der Waals surface area contributed by atoms with E-state index in [0.717, 1.165) is 5.56 Å². The van der Waals surface area contributed by atoms with Gasteiger partial charge in [-0.1, -0.05) is 34.1 Å². The second kappa shape index (κ2) is 8.55. The van der Waals surface area contributed by atoms with Crippen LogP contribution in [0.3, 0.4) is 0 Å². The van der Waals surface area contributed by atoms with Crippen LogP contribution in [0, 0.1) is 5.82 Å². The minimum atomic E-state index is -3.66. The molecule has 0 unspecified atom stereocenters. The number of halogens is 2. The lowest BCUT2D eigenvalue weighted by Gasteiger charge is -2.17. The second-order valence-electron chi connectivity index (χ2n) is 5.48. The van der Waals surface area contributed by atoms with E-state index < -0.39 is 10.0 Å². The van der Waals surface area contributed by atoms with Crippen molar-refractivity contribution in [3.05, 3.63) is 64.4 Å². The lowest BCUT2D eigenvalue weighted by Crippen LogP contribution is -2.31. The lowest BCUT2D eigenvalue weighted by atomic mass is 10.2. The highest BCUT2D eigenvalue weighted by Gasteiger charge is 2.15. The average Bonchev–Trinajstić information content (AvgIpc) is 2.56. The Balaban J connectivity index is 1.86. The Morgan fingerprint density at radius 2 is 1.88 bits per heavy atom. The van der Waals surface area contributed by atoms with Crippen LogP contribution < -0.4 is 4.72 Å². The van der Waals surface area contributed by atoms with Crippen molar-refractivity contribution in [3.63, 3.8) is 0 Å². The molecule has 2 aromatic carbocycles. The molecule has 1 N–H and O–H groups in total. The molecule has 0 aliphatic heterocycles. The number of carbonyl (C=O) groups excluding carboxylic acids is 1. The molecule has 2 aromatic rings. The molecular weight excluding hydrogens is 411 g/mol. The highest BCUT2D eigenvalue weighted by molar-refractivity contribution is 9.10. The monoisotopic (exact) mass is 428 g/mol. The van der Waals surface area contributed by atoms with Crippen LogP contribution in [0.4, 0.5) is 4.39 Å². The third-order valence-corrected chi connectivity index (χ3v) is 5.45. The van der Waals surface area contributed by atoms with Crippen molar-refractivity contribution in [1.29, 1.82) is 0 Å².